The normalized spacial score (nSPS) is 10.1. The number of pyridine rings is 1. The van der Waals surface area contributed by atoms with Crippen LogP contribution in [0, 0.1) is 6.92 Å². The maximum atomic E-state index is 12.2. The Morgan fingerprint density at radius 2 is 1.59 bits per heavy atom. The van der Waals surface area contributed by atoms with Gasteiger partial charge in [-0.15, -0.1) is 0 Å². The van der Waals surface area contributed by atoms with E-state index in [4.69, 9.17) is 0 Å². The van der Waals surface area contributed by atoms with Crippen LogP contribution in [0.2, 0.25) is 0 Å². The second kappa shape index (κ2) is 8.14. The molecule has 1 heterocycles. The van der Waals surface area contributed by atoms with E-state index in [1.165, 1.54) is 6.92 Å². The van der Waals surface area contributed by atoms with E-state index in [0.717, 1.165) is 11.3 Å². The Morgan fingerprint density at radius 3 is 2.26 bits per heavy atom. The van der Waals surface area contributed by atoms with E-state index in [9.17, 15) is 9.59 Å². The van der Waals surface area contributed by atoms with Crippen LogP contribution in [0.3, 0.4) is 0 Å². The Kier molecular flexibility index (Phi) is 5.47. The van der Waals surface area contributed by atoms with Crippen LogP contribution in [0.5, 0.6) is 0 Å². The zero-order valence-corrected chi connectivity index (χ0v) is 15.1. The quantitative estimate of drug-likeness (QED) is 0.632. The van der Waals surface area contributed by atoms with Crippen molar-refractivity contribution in [3.8, 4) is 0 Å². The molecule has 3 aromatic rings. The largest absolute Gasteiger partial charge is 0.340 e. The molecule has 6 heteroatoms. The molecule has 3 rings (SSSR count). The van der Waals surface area contributed by atoms with E-state index in [0.29, 0.717) is 22.8 Å². The molecule has 0 saturated heterocycles. The summed E-state index contributed by atoms with van der Waals surface area (Å²) in [6.07, 6.45) is 1.59. The first-order valence-electron chi connectivity index (χ1n) is 8.48. The Balaban J connectivity index is 1.64. The molecule has 0 unspecified atom stereocenters. The molecule has 0 atom stereocenters. The molecule has 0 bridgehead atoms. The third-order valence-corrected chi connectivity index (χ3v) is 3.79. The standard InChI is InChI=1S/C21H20N4O2/c1-14-6-8-16(9-7-14)21(27)25-19-10-11-20(22-13-19)24-18-5-3-4-17(12-18)23-15(2)26/h3-13H,1-2H3,(H,22,24)(H,23,26)(H,25,27). The van der Waals surface area contributed by atoms with Crippen molar-refractivity contribution >= 4 is 34.7 Å². The number of benzene rings is 2. The Labute approximate surface area is 157 Å². The fraction of sp³-hybridized carbons (Fsp3) is 0.0952. The smallest absolute Gasteiger partial charge is 0.255 e. The van der Waals surface area contributed by atoms with Gasteiger partial charge in [0, 0.05) is 23.9 Å². The van der Waals surface area contributed by atoms with Gasteiger partial charge in [0.25, 0.3) is 5.91 Å². The van der Waals surface area contributed by atoms with Gasteiger partial charge in [-0.1, -0.05) is 23.8 Å². The summed E-state index contributed by atoms with van der Waals surface area (Å²) in [5.74, 6) is 0.322. The molecule has 136 valence electrons. The number of hydrogen-bond acceptors (Lipinski definition) is 4. The summed E-state index contributed by atoms with van der Waals surface area (Å²) in [6, 6.07) is 18.3. The highest BCUT2D eigenvalue weighted by molar-refractivity contribution is 6.04. The molecule has 0 spiro atoms. The van der Waals surface area contributed by atoms with Gasteiger partial charge in [0.2, 0.25) is 5.91 Å². The van der Waals surface area contributed by atoms with Crippen LogP contribution in [0.1, 0.15) is 22.8 Å². The number of nitrogens with one attached hydrogen (secondary N) is 3. The van der Waals surface area contributed by atoms with Crippen LogP contribution in [-0.4, -0.2) is 16.8 Å². The average molecular weight is 360 g/mol. The number of carbonyl (C=O) groups is 2. The van der Waals surface area contributed by atoms with Crippen LogP contribution < -0.4 is 16.0 Å². The Bertz CT molecular complexity index is 951. The van der Waals surface area contributed by atoms with Crippen molar-refractivity contribution in [1.82, 2.24) is 4.98 Å². The minimum Gasteiger partial charge on any atom is -0.340 e. The zero-order chi connectivity index (χ0) is 19.2. The van der Waals surface area contributed by atoms with Gasteiger partial charge in [-0.25, -0.2) is 4.98 Å². The van der Waals surface area contributed by atoms with Gasteiger partial charge in [-0.3, -0.25) is 9.59 Å². The summed E-state index contributed by atoms with van der Waals surface area (Å²) < 4.78 is 0. The van der Waals surface area contributed by atoms with Crippen molar-refractivity contribution < 1.29 is 9.59 Å². The molecule has 2 aromatic carbocycles. The van der Waals surface area contributed by atoms with Crippen LogP contribution in [-0.2, 0) is 4.79 Å². The lowest BCUT2D eigenvalue weighted by Crippen LogP contribution is -2.12. The zero-order valence-electron chi connectivity index (χ0n) is 15.1. The third-order valence-electron chi connectivity index (χ3n) is 3.79. The molecule has 1 aromatic heterocycles. The first kappa shape index (κ1) is 18.1. The number of aromatic nitrogens is 1. The maximum Gasteiger partial charge on any atom is 0.255 e. The van der Waals surface area contributed by atoms with Crippen molar-refractivity contribution in [2.45, 2.75) is 13.8 Å². The molecular weight excluding hydrogens is 340 g/mol. The molecule has 6 nitrogen and oxygen atoms in total. The predicted octanol–water partition coefficient (Wildman–Crippen LogP) is 4.34. The molecule has 0 aliphatic rings. The minimum absolute atomic E-state index is 0.126. The number of rotatable bonds is 5. The molecule has 0 fully saturated rings. The van der Waals surface area contributed by atoms with E-state index in [-0.39, 0.29) is 11.8 Å². The predicted molar refractivity (Wildman–Crippen MR) is 107 cm³/mol. The molecule has 2 amide bonds. The highest BCUT2D eigenvalue weighted by Crippen LogP contribution is 2.20. The van der Waals surface area contributed by atoms with E-state index >= 15 is 0 Å². The Hall–Kier alpha value is -3.67. The second-order valence-corrected chi connectivity index (χ2v) is 6.14. The number of amides is 2. The van der Waals surface area contributed by atoms with Gasteiger partial charge in [0.1, 0.15) is 5.82 Å². The fourth-order valence-electron chi connectivity index (χ4n) is 2.48. The van der Waals surface area contributed by atoms with Crippen molar-refractivity contribution in [2.24, 2.45) is 0 Å². The summed E-state index contributed by atoms with van der Waals surface area (Å²) in [7, 11) is 0. The van der Waals surface area contributed by atoms with Crippen LogP contribution in [0.4, 0.5) is 22.9 Å². The highest BCUT2D eigenvalue weighted by Gasteiger charge is 2.06. The van der Waals surface area contributed by atoms with Crippen molar-refractivity contribution in [3.05, 3.63) is 78.0 Å². The van der Waals surface area contributed by atoms with Crippen molar-refractivity contribution in [3.63, 3.8) is 0 Å². The topological polar surface area (TPSA) is 83.1 Å². The summed E-state index contributed by atoms with van der Waals surface area (Å²) in [4.78, 5) is 27.7. The minimum atomic E-state index is -0.180. The average Bonchev–Trinajstić information content (AvgIpc) is 2.63. The molecule has 27 heavy (non-hydrogen) atoms. The first-order chi connectivity index (χ1) is 13.0. The lowest BCUT2D eigenvalue weighted by molar-refractivity contribution is -0.114. The van der Waals surface area contributed by atoms with Crippen LogP contribution >= 0.6 is 0 Å². The summed E-state index contributed by atoms with van der Waals surface area (Å²) in [6.45, 7) is 3.44. The van der Waals surface area contributed by atoms with Gasteiger partial charge < -0.3 is 16.0 Å². The van der Waals surface area contributed by atoms with Crippen molar-refractivity contribution in [1.29, 1.82) is 0 Å². The molecule has 0 radical (unpaired) electrons. The van der Waals surface area contributed by atoms with E-state index < -0.39 is 0 Å². The van der Waals surface area contributed by atoms with Crippen LogP contribution in [0.25, 0.3) is 0 Å². The SMILES string of the molecule is CC(=O)Nc1cccc(Nc2ccc(NC(=O)c3ccc(C)cc3)cn2)c1. The number of hydrogen-bond donors (Lipinski definition) is 3. The van der Waals surface area contributed by atoms with Gasteiger partial charge in [0.05, 0.1) is 11.9 Å². The number of nitrogens with zero attached hydrogens (tertiary/aromatic N) is 1. The maximum absolute atomic E-state index is 12.2. The van der Waals surface area contributed by atoms with Gasteiger partial charge >= 0.3 is 0 Å². The number of aryl methyl sites for hydroxylation is 1. The molecule has 0 aliphatic carbocycles. The lowest BCUT2D eigenvalue weighted by atomic mass is 10.1. The molecular formula is C21H20N4O2. The number of anilines is 4. The molecule has 0 saturated carbocycles. The van der Waals surface area contributed by atoms with Gasteiger partial charge in [0.15, 0.2) is 0 Å². The lowest BCUT2D eigenvalue weighted by Gasteiger charge is -2.09. The fourth-order valence-corrected chi connectivity index (χ4v) is 2.48. The summed E-state index contributed by atoms with van der Waals surface area (Å²) >= 11 is 0. The summed E-state index contributed by atoms with van der Waals surface area (Å²) in [5.41, 5.74) is 3.81. The monoisotopic (exact) mass is 360 g/mol. The van der Waals surface area contributed by atoms with E-state index in [2.05, 4.69) is 20.9 Å². The third kappa shape index (κ3) is 5.15. The van der Waals surface area contributed by atoms with E-state index in [1.807, 2.05) is 43.3 Å². The molecule has 0 aliphatic heterocycles. The second-order valence-electron chi connectivity index (χ2n) is 6.14. The van der Waals surface area contributed by atoms with Crippen molar-refractivity contribution in [2.75, 3.05) is 16.0 Å². The van der Waals surface area contributed by atoms with E-state index in [1.54, 1.807) is 30.5 Å². The summed E-state index contributed by atoms with van der Waals surface area (Å²) in [5, 5.41) is 8.72. The van der Waals surface area contributed by atoms with Gasteiger partial charge in [-0.05, 0) is 49.4 Å². The molecule has 3 N–H and O–H groups in total. The first-order valence-corrected chi connectivity index (χ1v) is 8.48. The Morgan fingerprint density at radius 1 is 0.852 bits per heavy atom. The van der Waals surface area contributed by atoms with Gasteiger partial charge in [-0.2, -0.15) is 0 Å². The highest BCUT2D eigenvalue weighted by atomic mass is 16.2. The number of carbonyl (C=O) groups excluding carboxylic acids is 2. The van der Waals surface area contributed by atoms with Crippen LogP contribution in [0.15, 0.2) is 66.9 Å².